The van der Waals surface area contributed by atoms with Crippen molar-refractivity contribution >= 4 is 21.8 Å². The molecule has 3 rings (SSSR count). The summed E-state index contributed by atoms with van der Waals surface area (Å²) in [5.41, 5.74) is 1.76. The fourth-order valence-corrected chi connectivity index (χ4v) is 2.56. The van der Waals surface area contributed by atoms with Gasteiger partial charge in [0.25, 0.3) is 0 Å². The molecule has 98 valence electrons. The third kappa shape index (κ3) is 2.16. The molecule has 2 heterocycles. The monoisotopic (exact) mass is 255 g/mol. The Hall–Kier alpha value is -2.03. The molecular weight excluding hydrogens is 238 g/mol. The molecule has 0 saturated carbocycles. The number of hydrogen-bond acceptors (Lipinski definition) is 2. The van der Waals surface area contributed by atoms with Crippen molar-refractivity contribution in [3.8, 4) is 0 Å². The normalized spacial score (nSPS) is 11.4. The summed E-state index contributed by atoms with van der Waals surface area (Å²) in [6.07, 6.45) is 4.17. The molecule has 0 aliphatic carbocycles. The molecule has 19 heavy (non-hydrogen) atoms. The summed E-state index contributed by atoms with van der Waals surface area (Å²) in [6, 6.07) is 9.61. The van der Waals surface area contributed by atoms with E-state index in [2.05, 4.69) is 11.9 Å². The largest absolute Gasteiger partial charge is 0.426 e. The SMILES string of the molecule is CCCCCc1oc(=O)cc2c1[nH]c1ccccc12. The van der Waals surface area contributed by atoms with Gasteiger partial charge < -0.3 is 9.40 Å². The second kappa shape index (κ2) is 4.92. The minimum Gasteiger partial charge on any atom is -0.426 e. The molecule has 0 aliphatic heterocycles. The van der Waals surface area contributed by atoms with Crippen molar-refractivity contribution in [2.24, 2.45) is 0 Å². The fraction of sp³-hybridized carbons (Fsp3) is 0.312. The van der Waals surface area contributed by atoms with Crippen LogP contribution in [0.5, 0.6) is 0 Å². The van der Waals surface area contributed by atoms with E-state index in [9.17, 15) is 4.79 Å². The first-order valence-electron chi connectivity index (χ1n) is 6.83. The molecule has 0 saturated heterocycles. The highest BCUT2D eigenvalue weighted by molar-refractivity contribution is 6.07. The Kier molecular flexibility index (Phi) is 3.11. The molecule has 0 amide bonds. The van der Waals surface area contributed by atoms with E-state index in [4.69, 9.17) is 4.42 Å². The topological polar surface area (TPSA) is 46.0 Å². The van der Waals surface area contributed by atoms with Crippen molar-refractivity contribution in [2.75, 3.05) is 0 Å². The Morgan fingerprint density at radius 2 is 2.00 bits per heavy atom. The van der Waals surface area contributed by atoms with Gasteiger partial charge in [-0.1, -0.05) is 38.0 Å². The van der Waals surface area contributed by atoms with Crippen LogP contribution >= 0.6 is 0 Å². The lowest BCUT2D eigenvalue weighted by Gasteiger charge is -2.00. The van der Waals surface area contributed by atoms with Gasteiger partial charge >= 0.3 is 5.63 Å². The van der Waals surface area contributed by atoms with Gasteiger partial charge in [-0.05, 0) is 12.5 Å². The Balaban J connectivity index is 2.18. The van der Waals surface area contributed by atoms with E-state index in [0.717, 1.165) is 53.2 Å². The molecule has 0 aliphatic rings. The Morgan fingerprint density at radius 1 is 1.16 bits per heavy atom. The van der Waals surface area contributed by atoms with Gasteiger partial charge in [0, 0.05) is 28.8 Å². The quantitative estimate of drug-likeness (QED) is 0.716. The summed E-state index contributed by atoms with van der Waals surface area (Å²) in [6.45, 7) is 2.17. The lowest BCUT2D eigenvalue weighted by molar-refractivity contribution is 0.458. The maximum Gasteiger partial charge on any atom is 0.336 e. The smallest absolute Gasteiger partial charge is 0.336 e. The molecule has 3 heteroatoms. The van der Waals surface area contributed by atoms with Crippen molar-refractivity contribution in [2.45, 2.75) is 32.6 Å². The van der Waals surface area contributed by atoms with Gasteiger partial charge in [-0.2, -0.15) is 0 Å². The molecule has 0 fully saturated rings. The van der Waals surface area contributed by atoms with Gasteiger partial charge in [0.2, 0.25) is 0 Å². The highest BCUT2D eigenvalue weighted by atomic mass is 16.4. The molecule has 3 aromatic rings. The zero-order valence-corrected chi connectivity index (χ0v) is 11.0. The third-order valence-corrected chi connectivity index (χ3v) is 3.52. The highest BCUT2D eigenvalue weighted by Gasteiger charge is 2.11. The molecule has 1 aromatic carbocycles. The van der Waals surface area contributed by atoms with Crippen LogP contribution in [0, 0.1) is 0 Å². The van der Waals surface area contributed by atoms with Gasteiger partial charge in [0.1, 0.15) is 5.76 Å². The molecule has 0 bridgehead atoms. The lowest BCUT2D eigenvalue weighted by atomic mass is 10.1. The van der Waals surface area contributed by atoms with E-state index in [0.29, 0.717) is 0 Å². The van der Waals surface area contributed by atoms with Crippen LogP contribution in [0.25, 0.3) is 21.8 Å². The van der Waals surface area contributed by atoms with E-state index in [-0.39, 0.29) is 5.63 Å². The predicted octanol–water partition coefficient (Wildman–Crippen LogP) is 4.01. The van der Waals surface area contributed by atoms with Gasteiger partial charge in [0.15, 0.2) is 0 Å². The van der Waals surface area contributed by atoms with Crippen LogP contribution in [0.15, 0.2) is 39.5 Å². The lowest BCUT2D eigenvalue weighted by Crippen LogP contribution is -2.00. The van der Waals surface area contributed by atoms with Crippen LogP contribution in [0.2, 0.25) is 0 Å². The molecule has 3 nitrogen and oxygen atoms in total. The van der Waals surface area contributed by atoms with Crippen LogP contribution in [0.4, 0.5) is 0 Å². The number of aromatic nitrogens is 1. The number of benzene rings is 1. The molecule has 0 spiro atoms. The van der Waals surface area contributed by atoms with Crippen LogP contribution < -0.4 is 5.63 Å². The molecule has 2 aromatic heterocycles. The minimum absolute atomic E-state index is 0.260. The van der Waals surface area contributed by atoms with Gasteiger partial charge in [-0.25, -0.2) is 4.79 Å². The maximum atomic E-state index is 11.7. The number of H-pyrrole nitrogens is 1. The summed E-state index contributed by atoms with van der Waals surface area (Å²) in [7, 11) is 0. The first-order chi connectivity index (χ1) is 9.29. The van der Waals surface area contributed by atoms with E-state index < -0.39 is 0 Å². The van der Waals surface area contributed by atoms with E-state index in [1.807, 2.05) is 24.3 Å². The molecule has 1 N–H and O–H groups in total. The molecule has 0 atom stereocenters. The van der Waals surface area contributed by atoms with Gasteiger partial charge in [-0.15, -0.1) is 0 Å². The minimum atomic E-state index is -0.260. The first-order valence-corrected chi connectivity index (χ1v) is 6.83. The molecule has 0 radical (unpaired) electrons. The second-order valence-corrected chi connectivity index (χ2v) is 4.90. The summed E-state index contributed by atoms with van der Waals surface area (Å²) in [5, 5.41) is 2.06. The molecule has 0 unspecified atom stereocenters. The fourth-order valence-electron chi connectivity index (χ4n) is 2.56. The standard InChI is InChI=1S/C16H17NO2/c1-2-3-4-9-14-16-12(10-15(18)19-14)11-7-5-6-8-13(11)17-16/h5-8,10,17H,2-4,9H2,1H3. The number of para-hydroxylation sites is 1. The van der Waals surface area contributed by atoms with Crippen molar-refractivity contribution in [1.82, 2.24) is 4.98 Å². The van der Waals surface area contributed by atoms with Crippen molar-refractivity contribution in [3.63, 3.8) is 0 Å². The second-order valence-electron chi connectivity index (χ2n) is 4.90. The van der Waals surface area contributed by atoms with Crippen LogP contribution in [0.1, 0.15) is 31.9 Å². The maximum absolute atomic E-state index is 11.7. The van der Waals surface area contributed by atoms with Gasteiger partial charge in [-0.3, -0.25) is 0 Å². The summed E-state index contributed by atoms with van der Waals surface area (Å²) in [5.74, 6) is 0.784. The number of hydrogen-bond donors (Lipinski definition) is 1. The number of nitrogens with one attached hydrogen (secondary N) is 1. The number of aryl methyl sites for hydroxylation is 1. The average molecular weight is 255 g/mol. The number of rotatable bonds is 4. The zero-order valence-electron chi connectivity index (χ0n) is 11.0. The predicted molar refractivity (Wildman–Crippen MR) is 77.6 cm³/mol. The summed E-state index contributed by atoms with van der Waals surface area (Å²) in [4.78, 5) is 15.1. The first kappa shape index (κ1) is 12.0. The van der Waals surface area contributed by atoms with Crippen molar-refractivity contribution < 1.29 is 4.42 Å². The van der Waals surface area contributed by atoms with Crippen LogP contribution in [-0.2, 0) is 6.42 Å². The van der Waals surface area contributed by atoms with Crippen LogP contribution in [-0.4, -0.2) is 4.98 Å². The van der Waals surface area contributed by atoms with Crippen molar-refractivity contribution in [1.29, 1.82) is 0 Å². The average Bonchev–Trinajstić information content (AvgIpc) is 2.78. The highest BCUT2D eigenvalue weighted by Crippen LogP contribution is 2.26. The number of fused-ring (bicyclic) bond motifs is 3. The van der Waals surface area contributed by atoms with Crippen molar-refractivity contribution in [3.05, 3.63) is 46.5 Å². The summed E-state index contributed by atoms with van der Waals surface area (Å²) < 4.78 is 5.38. The third-order valence-electron chi connectivity index (χ3n) is 3.52. The number of unbranched alkanes of at least 4 members (excludes halogenated alkanes) is 2. The zero-order chi connectivity index (χ0) is 13.2. The molecular formula is C16H17NO2. The van der Waals surface area contributed by atoms with Gasteiger partial charge in [0.05, 0.1) is 5.52 Å². The Labute approximate surface area is 111 Å². The summed E-state index contributed by atoms with van der Waals surface area (Å²) >= 11 is 0. The van der Waals surface area contributed by atoms with E-state index in [1.54, 1.807) is 6.07 Å². The Morgan fingerprint density at radius 3 is 2.84 bits per heavy atom. The number of aromatic amines is 1. The van der Waals surface area contributed by atoms with Crippen LogP contribution in [0.3, 0.4) is 0 Å². The van der Waals surface area contributed by atoms with E-state index in [1.165, 1.54) is 0 Å². The Bertz CT molecular complexity index is 767. The van der Waals surface area contributed by atoms with E-state index >= 15 is 0 Å².